The Labute approximate surface area is 217 Å². The Bertz CT molecular complexity index is 1320. The van der Waals surface area contributed by atoms with E-state index in [2.05, 4.69) is 27.8 Å². The first-order valence-electron chi connectivity index (χ1n) is 11.7. The van der Waals surface area contributed by atoms with Crippen molar-refractivity contribution < 1.29 is 19.1 Å². The number of methoxy groups -OCH3 is 1. The van der Waals surface area contributed by atoms with Gasteiger partial charge in [0.15, 0.2) is 0 Å². The van der Waals surface area contributed by atoms with Gasteiger partial charge in [0, 0.05) is 42.0 Å². The molecule has 8 nitrogen and oxygen atoms in total. The van der Waals surface area contributed by atoms with Gasteiger partial charge in [-0.1, -0.05) is 36.1 Å². The maximum atomic E-state index is 12.4. The van der Waals surface area contributed by atoms with Gasteiger partial charge in [0.1, 0.15) is 0 Å². The third-order valence-corrected chi connectivity index (χ3v) is 5.24. The Hall–Kier alpha value is -4.61. The predicted molar refractivity (Wildman–Crippen MR) is 143 cm³/mol. The number of carbonyl (C=O) groups excluding carboxylic acids is 3. The number of anilines is 1. The highest BCUT2D eigenvalue weighted by atomic mass is 16.5. The van der Waals surface area contributed by atoms with E-state index in [1.807, 2.05) is 31.1 Å². The molecule has 0 heterocycles. The van der Waals surface area contributed by atoms with Gasteiger partial charge in [-0.25, -0.2) is 9.59 Å². The van der Waals surface area contributed by atoms with Crippen molar-refractivity contribution in [1.29, 1.82) is 0 Å². The minimum absolute atomic E-state index is 0.150. The van der Waals surface area contributed by atoms with Crippen molar-refractivity contribution in [3.8, 4) is 11.8 Å². The quantitative estimate of drug-likeness (QED) is 0.326. The van der Waals surface area contributed by atoms with E-state index in [0.29, 0.717) is 34.5 Å². The van der Waals surface area contributed by atoms with Crippen LogP contribution in [0.25, 0.3) is 0 Å². The number of urea groups is 1. The number of nitrogens with one attached hydrogen (secondary N) is 3. The van der Waals surface area contributed by atoms with Crippen LogP contribution in [0.1, 0.15) is 37.4 Å². The van der Waals surface area contributed by atoms with Crippen LogP contribution in [-0.2, 0) is 11.3 Å². The number of carbonyl (C=O) groups is 3. The van der Waals surface area contributed by atoms with Gasteiger partial charge >= 0.3 is 12.0 Å². The van der Waals surface area contributed by atoms with E-state index in [9.17, 15) is 14.4 Å². The molecule has 0 saturated heterocycles. The number of esters is 1. The summed E-state index contributed by atoms with van der Waals surface area (Å²) < 4.78 is 4.74. The first kappa shape index (κ1) is 27.0. The number of rotatable bonds is 8. The number of nitrogens with zero attached hydrogens (tertiary/aromatic N) is 1. The smallest absolute Gasteiger partial charge is 0.337 e. The minimum atomic E-state index is -0.421. The average molecular weight is 499 g/mol. The summed E-state index contributed by atoms with van der Waals surface area (Å²) in [7, 11) is 5.22. The van der Waals surface area contributed by atoms with Crippen molar-refractivity contribution in [2.45, 2.75) is 6.54 Å². The van der Waals surface area contributed by atoms with Crippen molar-refractivity contribution in [3.05, 3.63) is 101 Å². The van der Waals surface area contributed by atoms with Crippen LogP contribution in [0.4, 0.5) is 10.5 Å². The molecule has 0 aromatic heterocycles. The molecule has 0 aliphatic heterocycles. The molecular weight excluding hydrogens is 468 g/mol. The van der Waals surface area contributed by atoms with Crippen molar-refractivity contribution in [3.63, 3.8) is 0 Å². The second-order valence-corrected chi connectivity index (χ2v) is 8.47. The summed E-state index contributed by atoms with van der Waals surface area (Å²) >= 11 is 0. The van der Waals surface area contributed by atoms with Gasteiger partial charge in [0.25, 0.3) is 5.91 Å². The number of benzene rings is 3. The van der Waals surface area contributed by atoms with Crippen LogP contribution in [0.3, 0.4) is 0 Å². The standard InChI is InChI=1S/C29H30N4O4/c1-33(2)16-15-30-27(34)24-10-5-9-23(18-24)20-31-29(36)32-26-12-6-8-22(19-26)14-13-21-7-4-11-25(17-21)28(35)37-3/h4-12,17-19H,15-16,20H2,1-3H3,(H,30,34)(H2,31,32,36). The number of hydrogen-bond acceptors (Lipinski definition) is 5. The lowest BCUT2D eigenvalue weighted by Crippen LogP contribution is -2.31. The van der Waals surface area contributed by atoms with Crippen LogP contribution in [0.5, 0.6) is 0 Å². The Morgan fingerprint density at radius 3 is 2.24 bits per heavy atom. The fourth-order valence-corrected chi connectivity index (χ4v) is 3.34. The van der Waals surface area contributed by atoms with Gasteiger partial charge in [0.05, 0.1) is 12.7 Å². The van der Waals surface area contributed by atoms with Gasteiger partial charge in [-0.05, 0) is 68.2 Å². The molecule has 37 heavy (non-hydrogen) atoms. The van der Waals surface area contributed by atoms with Crippen molar-refractivity contribution >= 4 is 23.6 Å². The van der Waals surface area contributed by atoms with E-state index >= 15 is 0 Å². The zero-order valence-electron chi connectivity index (χ0n) is 21.1. The minimum Gasteiger partial charge on any atom is -0.465 e. The molecule has 190 valence electrons. The summed E-state index contributed by atoms with van der Waals surface area (Å²) in [5, 5.41) is 8.48. The topological polar surface area (TPSA) is 99.8 Å². The molecular formula is C29H30N4O4. The summed E-state index contributed by atoms with van der Waals surface area (Å²) in [5.74, 6) is 5.49. The maximum absolute atomic E-state index is 12.4. The number of likely N-dealkylation sites (N-methyl/N-ethyl adjacent to an activating group) is 1. The normalized spacial score (nSPS) is 10.2. The molecule has 3 aromatic carbocycles. The van der Waals surface area contributed by atoms with Crippen LogP contribution in [0, 0.1) is 11.8 Å². The van der Waals surface area contributed by atoms with Gasteiger partial charge in [-0.15, -0.1) is 0 Å². The fraction of sp³-hybridized carbons (Fsp3) is 0.207. The van der Waals surface area contributed by atoms with E-state index < -0.39 is 5.97 Å². The number of amides is 3. The SMILES string of the molecule is COC(=O)c1cccc(C#Cc2cccc(NC(=O)NCc3cccc(C(=O)NCCN(C)C)c3)c2)c1. The largest absolute Gasteiger partial charge is 0.465 e. The molecule has 0 unspecified atom stereocenters. The van der Waals surface area contributed by atoms with Crippen LogP contribution in [0.15, 0.2) is 72.8 Å². The zero-order chi connectivity index (χ0) is 26.6. The predicted octanol–water partition coefficient (Wildman–Crippen LogP) is 3.49. The molecule has 3 N–H and O–H groups in total. The maximum Gasteiger partial charge on any atom is 0.337 e. The molecule has 0 radical (unpaired) electrons. The summed E-state index contributed by atoms with van der Waals surface area (Å²) in [6.45, 7) is 1.57. The van der Waals surface area contributed by atoms with Gasteiger partial charge in [0.2, 0.25) is 0 Å². The Kier molecular flexibility index (Phi) is 9.82. The zero-order valence-corrected chi connectivity index (χ0v) is 21.1. The molecule has 3 rings (SSSR count). The molecule has 3 aromatic rings. The third-order valence-electron chi connectivity index (χ3n) is 5.24. The first-order valence-corrected chi connectivity index (χ1v) is 11.7. The first-order chi connectivity index (χ1) is 17.8. The fourth-order valence-electron chi connectivity index (χ4n) is 3.34. The lowest BCUT2D eigenvalue weighted by molar-refractivity contribution is 0.0600. The molecule has 0 aliphatic carbocycles. The van der Waals surface area contributed by atoms with E-state index in [4.69, 9.17) is 4.74 Å². The summed E-state index contributed by atoms with van der Waals surface area (Å²) in [6, 6.07) is 20.8. The Balaban J connectivity index is 1.56. The van der Waals surface area contributed by atoms with Crippen molar-refractivity contribution in [1.82, 2.24) is 15.5 Å². The highest BCUT2D eigenvalue weighted by Gasteiger charge is 2.08. The van der Waals surface area contributed by atoms with Gasteiger partial charge in [-0.2, -0.15) is 0 Å². The van der Waals surface area contributed by atoms with Crippen LogP contribution in [-0.4, -0.2) is 57.1 Å². The Morgan fingerprint density at radius 2 is 1.51 bits per heavy atom. The van der Waals surface area contributed by atoms with E-state index in [1.165, 1.54) is 7.11 Å². The molecule has 8 heteroatoms. The summed E-state index contributed by atoms with van der Waals surface area (Å²) in [4.78, 5) is 38.5. The van der Waals surface area contributed by atoms with E-state index in [1.54, 1.807) is 60.7 Å². The van der Waals surface area contributed by atoms with Crippen LogP contribution in [0.2, 0.25) is 0 Å². The molecule has 0 bridgehead atoms. The lowest BCUT2D eigenvalue weighted by Gasteiger charge is -2.11. The number of ether oxygens (including phenoxy) is 1. The second kappa shape index (κ2) is 13.5. The van der Waals surface area contributed by atoms with E-state index in [-0.39, 0.29) is 18.5 Å². The highest BCUT2D eigenvalue weighted by molar-refractivity contribution is 5.94. The number of hydrogen-bond donors (Lipinski definition) is 3. The van der Waals surface area contributed by atoms with Gasteiger partial charge in [-0.3, -0.25) is 4.79 Å². The molecule has 0 fully saturated rings. The molecule has 0 saturated carbocycles. The van der Waals surface area contributed by atoms with Crippen LogP contribution >= 0.6 is 0 Å². The van der Waals surface area contributed by atoms with Crippen LogP contribution < -0.4 is 16.0 Å². The monoisotopic (exact) mass is 498 g/mol. The summed E-state index contributed by atoms with van der Waals surface area (Å²) in [5.41, 5.74) is 3.74. The average Bonchev–Trinajstić information content (AvgIpc) is 2.90. The second-order valence-electron chi connectivity index (χ2n) is 8.47. The third kappa shape index (κ3) is 8.84. The lowest BCUT2D eigenvalue weighted by atomic mass is 10.1. The molecule has 3 amide bonds. The molecule has 0 spiro atoms. The summed E-state index contributed by atoms with van der Waals surface area (Å²) in [6.07, 6.45) is 0. The molecule has 0 aliphatic rings. The van der Waals surface area contributed by atoms with Gasteiger partial charge < -0.3 is 25.6 Å². The highest BCUT2D eigenvalue weighted by Crippen LogP contribution is 2.11. The van der Waals surface area contributed by atoms with Crippen molar-refractivity contribution in [2.75, 3.05) is 39.6 Å². The van der Waals surface area contributed by atoms with Crippen molar-refractivity contribution in [2.24, 2.45) is 0 Å². The molecule has 0 atom stereocenters. The Morgan fingerprint density at radius 1 is 0.838 bits per heavy atom. The van der Waals surface area contributed by atoms with E-state index in [0.717, 1.165) is 12.1 Å².